The summed E-state index contributed by atoms with van der Waals surface area (Å²) >= 11 is 8.05. The second kappa shape index (κ2) is 4.87. The normalized spacial score (nSPS) is 16.6. The van der Waals surface area contributed by atoms with E-state index in [9.17, 15) is 0 Å². The summed E-state index contributed by atoms with van der Waals surface area (Å²) in [4.78, 5) is 5.03. The van der Waals surface area contributed by atoms with Crippen molar-refractivity contribution < 1.29 is 0 Å². The standard InChI is InChI=1S/C17H14ClNS/c18-12-8-9-17-15(11-12)19-10-4-3-6-14(19)13-5-1-2-7-16(13)20-17/h1-2,5-9,11H,3-4,10H2. The molecule has 20 heavy (non-hydrogen) atoms. The van der Waals surface area contributed by atoms with Crippen LogP contribution in [-0.4, -0.2) is 6.54 Å². The first-order chi connectivity index (χ1) is 9.83. The SMILES string of the molecule is Clc1ccc2c(c1)N1CCCC=C1c1ccccc1S2. The average molecular weight is 300 g/mol. The summed E-state index contributed by atoms with van der Waals surface area (Å²) in [5.74, 6) is 0. The van der Waals surface area contributed by atoms with Gasteiger partial charge < -0.3 is 4.90 Å². The maximum Gasteiger partial charge on any atom is 0.0567 e. The van der Waals surface area contributed by atoms with E-state index >= 15 is 0 Å². The lowest BCUT2D eigenvalue weighted by atomic mass is 10.0. The quantitative estimate of drug-likeness (QED) is 0.636. The molecule has 0 saturated carbocycles. The number of nitrogens with zero attached hydrogens (tertiary/aromatic N) is 1. The van der Waals surface area contributed by atoms with Crippen molar-refractivity contribution in [3.63, 3.8) is 0 Å². The first kappa shape index (κ1) is 12.4. The fraction of sp³-hybridized carbons (Fsp3) is 0.176. The number of anilines is 1. The summed E-state index contributed by atoms with van der Waals surface area (Å²) < 4.78 is 0. The van der Waals surface area contributed by atoms with Crippen LogP contribution in [0, 0.1) is 0 Å². The van der Waals surface area contributed by atoms with E-state index in [1.807, 2.05) is 17.8 Å². The third-order valence-corrected chi connectivity index (χ3v) is 5.19. The molecule has 0 amide bonds. The van der Waals surface area contributed by atoms with Crippen LogP contribution in [0.3, 0.4) is 0 Å². The van der Waals surface area contributed by atoms with Crippen LogP contribution in [0.4, 0.5) is 5.69 Å². The molecule has 0 spiro atoms. The molecule has 0 radical (unpaired) electrons. The van der Waals surface area contributed by atoms with Crippen LogP contribution in [0.2, 0.25) is 5.02 Å². The van der Waals surface area contributed by atoms with E-state index in [4.69, 9.17) is 11.6 Å². The van der Waals surface area contributed by atoms with Crippen molar-refractivity contribution in [2.24, 2.45) is 0 Å². The van der Waals surface area contributed by atoms with E-state index in [1.165, 1.54) is 33.2 Å². The van der Waals surface area contributed by atoms with Crippen molar-refractivity contribution in [2.75, 3.05) is 11.4 Å². The number of fused-ring (bicyclic) bond motifs is 5. The molecule has 0 saturated heterocycles. The Morgan fingerprint density at radius 2 is 1.95 bits per heavy atom. The second-order valence-corrected chi connectivity index (χ2v) is 6.61. The predicted molar refractivity (Wildman–Crippen MR) is 86.6 cm³/mol. The highest BCUT2D eigenvalue weighted by Crippen LogP contribution is 2.47. The number of hydrogen-bond acceptors (Lipinski definition) is 2. The van der Waals surface area contributed by atoms with Gasteiger partial charge in [-0.05, 0) is 37.1 Å². The third kappa shape index (κ3) is 1.95. The molecule has 2 heterocycles. The van der Waals surface area contributed by atoms with E-state index in [-0.39, 0.29) is 0 Å². The highest BCUT2D eigenvalue weighted by Gasteiger charge is 2.25. The van der Waals surface area contributed by atoms with Crippen molar-refractivity contribution >= 4 is 34.7 Å². The minimum Gasteiger partial charge on any atom is -0.340 e. The van der Waals surface area contributed by atoms with Gasteiger partial charge in [0.1, 0.15) is 0 Å². The van der Waals surface area contributed by atoms with Gasteiger partial charge in [0.15, 0.2) is 0 Å². The maximum atomic E-state index is 6.22. The number of halogens is 1. The Labute approximate surface area is 128 Å². The number of rotatable bonds is 0. The summed E-state index contributed by atoms with van der Waals surface area (Å²) in [6.07, 6.45) is 4.71. The first-order valence-corrected chi connectivity index (χ1v) is 8.07. The Kier molecular flexibility index (Phi) is 3.01. The molecule has 4 rings (SSSR count). The molecule has 2 aliphatic heterocycles. The van der Waals surface area contributed by atoms with Crippen LogP contribution < -0.4 is 4.90 Å². The van der Waals surface area contributed by atoms with E-state index in [2.05, 4.69) is 47.4 Å². The van der Waals surface area contributed by atoms with Gasteiger partial charge in [0.2, 0.25) is 0 Å². The lowest BCUT2D eigenvalue weighted by Crippen LogP contribution is -2.25. The molecule has 0 N–H and O–H groups in total. The zero-order chi connectivity index (χ0) is 13.5. The van der Waals surface area contributed by atoms with E-state index in [0.717, 1.165) is 18.0 Å². The number of benzene rings is 2. The first-order valence-electron chi connectivity index (χ1n) is 6.87. The Bertz CT molecular complexity index is 708. The number of allylic oxidation sites excluding steroid dienone is 1. The Hall–Kier alpha value is -1.38. The Morgan fingerprint density at radius 1 is 1.05 bits per heavy atom. The van der Waals surface area contributed by atoms with Gasteiger partial charge in [-0.2, -0.15) is 0 Å². The van der Waals surface area contributed by atoms with Gasteiger partial charge >= 0.3 is 0 Å². The molecule has 0 bridgehead atoms. The third-order valence-electron chi connectivity index (χ3n) is 3.81. The minimum absolute atomic E-state index is 0.806. The van der Waals surface area contributed by atoms with Crippen molar-refractivity contribution in [2.45, 2.75) is 22.6 Å². The lowest BCUT2D eigenvalue weighted by Gasteiger charge is -2.30. The van der Waals surface area contributed by atoms with E-state index < -0.39 is 0 Å². The lowest BCUT2D eigenvalue weighted by molar-refractivity contribution is 0.794. The van der Waals surface area contributed by atoms with Crippen LogP contribution in [0.15, 0.2) is 58.3 Å². The fourth-order valence-corrected chi connectivity index (χ4v) is 4.14. The van der Waals surface area contributed by atoms with E-state index in [1.54, 1.807) is 0 Å². The van der Waals surface area contributed by atoms with Crippen LogP contribution in [0.5, 0.6) is 0 Å². The summed E-state index contributed by atoms with van der Waals surface area (Å²) in [5, 5.41) is 0.806. The molecule has 0 aromatic heterocycles. The van der Waals surface area contributed by atoms with Crippen LogP contribution >= 0.6 is 23.4 Å². The van der Waals surface area contributed by atoms with Gasteiger partial charge in [-0.3, -0.25) is 0 Å². The van der Waals surface area contributed by atoms with Crippen LogP contribution in [0.1, 0.15) is 18.4 Å². The van der Waals surface area contributed by atoms with E-state index in [0.29, 0.717) is 0 Å². The largest absolute Gasteiger partial charge is 0.340 e. The zero-order valence-electron chi connectivity index (χ0n) is 11.0. The molecule has 2 aromatic rings. The molecule has 0 atom stereocenters. The fourth-order valence-electron chi connectivity index (χ4n) is 2.90. The van der Waals surface area contributed by atoms with Gasteiger partial charge in [-0.15, -0.1) is 0 Å². The highest BCUT2D eigenvalue weighted by atomic mass is 35.5. The van der Waals surface area contributed by atoms with Crippen molar-refractivity contribution in [3.8, 4) is 0 Å². The number of hydrogen-bond donors (Lipinski definition) is 0. The molecule has 2 aliphatic rings. The second-order valence-electron chi connectivity index (χ2n) is 5.09. The monoisotopic (exact) mass is 299 g/mol. The van der Waals surface area contributed by atoms with Crippen LogP contribution in [-0.2, 0) is 0 Å². The molecule has 0 fully saturated rings. The van der Waals surface area contributed by atoms with Crippen molar-refractivity contribution in [1.29, 1.82) is 0 Å². The maximum absolute atomic E-state index is 6.22. The Balaban J connectivity index is 1.99. The zero-order valence-corrected chi connectivity index (χ0v) is 12.5. The smallest absolute Gasteiger partial charge is 0.0567 e. The Morgan fingerprint density at radius 3 is 2.90 bits per heavy atom. The predicted octanol–water partition coefficient (Wildman–Crippen LogP) is 5.45. The summed E-state index contributed by atoms with van der Waals surface area (Å²) in [5.41, 5.74) is 3.91. The molecule has 0 unspecified atom stereocenters. The molecular formula is C17H14ClNS. The minimum atomic E-state index is 0.806. The van der Waals surface area contributed by atoms with Gasteiger partial charge in [-0.1, -0.05) is 47.6 Å². The van der Waals surface area contributed by atoms with Gasteiger partial charge in [0.25, 0.3) is 0 Å². The van der Waals surface area contributed by atoms with Gasteiger partial charge in [0, 0.05) is 32.6 Å². The van der Waals surface area contributed by atoms with Gasteiger partial charge in [0.05, 0.1) is 5.69 Å². The topological polar surface area (TPSA) is 3.24 Å². The molecular weight excluding hydrogens is 286 g/mol. The van der Waals surface area contributed by atoms with Crippen LogP contribution in [0.25, 0.3) is 5.70 Å². The molecule has 3 heteroatoms. The molecule has 0 aliphatic carbocycles. The molecule has 1 nitrogen and oxygen atoms in total. The van der Waals surface area contributed by atoms with Gasteiger partial charge in [-0.25, -0.2) is 0 Å². The van der Waals surface area contributed by atoms with Crippen molar-refractivity contribution in [1.82, 2.24) is 0 Å². The molecule has 100 valence electrons. The average Bonchev–Trinajstić information content (AvgIpc) is 2.62. The highest BCUT2D eigenvalue weighted by molar-refractivity contribution is 7.99. The molecule has 2 aromatic carbocycles. The summed E-state index contributed by atoms with van der Waals surface area (Å²) in [7, 11) is 0. The summed E-state index contributed by atoms with van der Waals surface area (Å²) in [6.45, 7) is 1.06. The summed E-state index contributed by atoms with van der Waals surface area (Å²) in [6, 6.07) is 14.9. The van der Waals surface area contributed by atoms with Crippen molar-refractivity contribution in [3.05, 3.63) is 59.1 Å².